The molecule has 3 heteroatoms. The predicted molar refractivity (Wildman–Crippen MR) is 84.9 cm³/mol. The van der Waals surface area contributed by atoms with Crippen LogP contribution in [0, 0.1) is 0 Å². The Morgan fingerprint density at radius 2 is 1.40 bits per heavy atom. The van der Waals surface area contributed by atoms with Crippen LogP contribution in [0.3, 0.4) is 0 Å². The van der Waals surface area contributed by atoms with Crippen LogP contribution in [-0.2, 0) is 9.00 Å². The Balaban J connectivity index is 1.91. The Morgan fingerprint density at radius 1 is 0.900 bits per heavy atom. The van der Waals surface area contributed by atoms with Crippen LogP contribution in [0.4, 0.5) is 0 Å². The number of carbonyl (C=O) groups excluding carboxylic acids is 1. The minimum atomic E-state index is -1.14. The van der Waals surface area contributed by atoms with Gasteiger partial charge in [0, 0.05) is 6.92 Å². The molecule has 1 heterocycles. The Kier molecular flexibility index (Phi) is 4.23. The topological polar surface area (TPSA) is 20.5 Å². The lowest BCUT2D eigenvalue weighted by molar-refractivity contribution is -0.341. The molecule has 112 valence electrons. The third-order valence-electron chi connectivity index (χ3n) is 5.76. The fraction of sp³-hybridized carbons (Fsp3) is 0.824. The van der Waals surface area contributed by atoms with Crippen LogP contribution < -0.4 is 0 Å². The fourth-order valence-corrected chi connectivity index (χ4v) is 4.93. The zero-order valence-electron chi connectivity index (χ0n) is 13.2. The normalized spacial score (nSPS) is 28.5. The second-order valence-electron chi connectivity index (χ2n) is 7.23. The van der Waals surface area contributed by atoms with Crippen LogP contribution in [0.1, 0.15) is 78.1 Å². The van der Waals surface area contributed by atoms with Crippen molar-refractivity contribution >= 4 is 12.3 Å². The van der Waals surface area contributed by atoms with Crippen molar-refractivity contribution in [1.82, 2.24) is 0 Å². The molecule has 3 aliphatic rings. The first-order chi connectivity index (χ1) is 9.71. The molecule has 2 saturated carbocycles. The van der Waals surface area contributed by atoms with E-state index in [1.54, 1.807) is 0 Å². The highest BCUT2D eigenvalue weighted by Gasteiger charge is 2.58. The Labute approximate surface area is 123 Å². The molecule has 2 fully saturated rings. The predicted octanol–water partition coefficient (Wildman–Crippen LogP) is 5.16. The van der Waals surface area contributed by atoms with Crippen LogP contribution in [0.2, 0.25) is 11.6 Å². The molecule has 2 aliphatic carbocycles. The molecule has 0 amide bonds. The Bertz CT molecular complexity index is 383. The lowest BCUT2D eigenvalue weighted by Gasteiger charge is -2.44. The smallest absolute Gasteiger partial charge is 0.596 e. The maximum absolute atomic E-state index is 6.50. The van der Waals surface area contributed by atoms with Gasteiger partial charge in [-0.2, -0.15) is 0 Å². The van der Waals surface area contributed by atoms with Crippen molar-refractivity contribution in [3.63, 3.8) is 0 Å². The number of ketones is 1. The third-order valence-corrected chi connectivity index (χ3v) is 5.76. The molecule has 0 aromatic rings. The summed E-state index contributed by atoms with van der Waals surface area (Å²) in [5.41, 5.74) is 0. The summed E-state index contributed by atoms with van der Waals surface area (Å²) < 4.78 is 13.0. The molecule has 0 bridgehead atoms. The van der Waals surface area contributed by atoms with E-state index in [0.717, 1.165) is 11.5 Å². The van der Waals surface area contributed by atoms with E-state index < -0.39 is 6.55 Å². The minimum absolute atomic E-state index is 0.644. The van der Waals surface area contributed by atoms with Gasteiger partial charge in [-0.25, -0.2) is 0 Å². The zero-order chi connectivity index (χ0) is 14.0. The second-order valence-corrected chi connectivity index (χ2v) is 7.23. The average Bonchev–Trinajstić information content (AvgIpc) is 2.48. The first-order valence-corrected chi connectivity index (χ1v) is 8.76. The number of hydrogen-bond acceptors (Lipinski definition) is 1. The van der Waals surface area contributed by atoms with Gasteiger partial charge in [-0.3, -0.25) is 0 Å². The van der Waals surface area contributed by atoms with Gasteiger partial charge in [0.2, 0.25) is 5.78 Å². The standard InChI is InChI=1S/C17H29BO2/c1-14-13-15(2)20-18(19-14,16-9-5-3-6-10-16)17-11-7-4-8-12-17/h13,16-17H,3-12H2,1-2H3. The molecule has 0 aromatic heterocycles. The van der Waals surface area contributed by atoms with Crippen molar-refractivity contribution < 1.29 is 9.00 Å². The van der Waals surface area contributed by atoms with Crippen molar-refractivity contribution in [3.05, 3.63) is 11.8 Å². The molecule has 1 aliphatic heterocycles. The maximum Gasteiger partial charge on any atom is 0.596 e. The van der Waals surface area contributed by atoms with E-state index in [1.807, 2.05) is 0 Å². The highest BCUT2D eigenvalue weighted by atomic mass is 16.6. The number of rotatable bonds is 2. The molecule has 3 rings (SSSR count). The quantitative estimate of drug-likeness (QED) is 0.504. The van der Waals surface area contributed by atoms with Crippen LogP contribution >= 0.6 is 0 Å². The van der Waals surface area contributed by atoms with Crippen molar-refractivity contribution in [3.8, 4) is 0 Å². The molecule has 0 atom stereocenters. The van der Waals surface area contributed by atoms with E-state index in [4.69, 9.17) is 9.00 Å². The van der Waals surface area contributed by atoms with Gasteiger partial charge in [-0.1, -0.05) is 64.2 Å². The molecular weight excluding hydrogens is 247 g/mol. The highest BCUT2D eigenvalue weighted by molar-refractivity contribution is 6.69. The monoisotopic (exact) mass is 276 g/mol. The summed E-state index contributed by atoms with van der Waals surface area (Å²) in [6, 6.07) is 0. The lowest BCUT2D eigenvalue weighted by atomic mass is 9.34. The number of hydrogen-bond donors (Lipinski definition) is 0. The van der Waals surface area contributed by atoms with Gasteiger partial charge >= 0.3 is 6.55 Å². The molecular formula is C17H29BO2. The van der Waals surface area contributed by atoms with Crippen molar-refractivity contribution in [2.45, 2.75) is 89.7 Å². The van der Waals surface area contributed by atoms with Crippen LogP contribution in [-0.4, -0.2) is 12.3 Å². The van der Waals surface area contributed by atoms with E-state index in [9.17, 15) is 0 Å². The molecule has 0 radical (unpaired) electrons. The summed E-state index contributed by atoms with van der Waals surface area (Å²) in [7, 11) is 0. The SMILES string of the molecule is CC1=CC(C)=[O+][B-](C2CCCCC2)(C2CCCCC2)O1. The van der Waals surface area contributed by atoms with E-state index in [2.05, 4.69) is 19.9 Å². The molecule has 20 heavy (non-hydrogen) atoms. The second kappa shape index (κ2) is 5.95. The third kappa shape index (κ3) is 2.69. The Hall–Kier alpha value is -0.725. The molecule has 0 aromatic carbocycles. The van der Waals surface area contributed by atoms with E-state index >= 15 is 0 Å². The molecule has 2 nitrogen and oxygen atoms in total. The van der Waals surface area contributed by atoms with Crippen LogP contribution in [0.15, 0.2) is 11.8 Å². The van der Waals surface area contributed by atoms with Crippen molar-refractivity contribution in [2.75, 3.05) is 0 Å². The van der Waals surface area contributed by atoms with Gasteiger partial charge in [0.05, 0.1) is 11.8 Å². The van der Waals surface area contributed by atoms with E-state index in [0.29, 0.717) is 11.6 Å². The first kappa shape index (κ1) is 14.2. The summed E-state index contributed by atoms with van der Waals surface area (Å²) in [5.74, 6) is 3.44. The van der Waals surface area contributed by atoms with E-state index in [1.165, 1.54) is 64.2 Å². The van der Waals surface area contributed by atoms with Crippen LogP contribution in [0.25, 0.3) is 0 Å². The van der Waals surface area contributed by atoms with Crippen molar-refractivity contribution in [2.24, 2.45) is 0 Å². The number of allylic oxidation sites excluding steroid dienone is 2. The molecule has 0 unspecified atom stereocenters. The molecule has 0 spiro atoms. The molecule has 0 N–H and O–H groups in total. The largest absolute Gasteiger partial charge is 0.637 e. The first-order valence-electron chi connectivity index (χ1n) is 8.76. The highest BCUT2D eigenvalue weighted by Crippen LogP contribution is 2.49. The fourth-order valence-electron chi connectivity index (χ4n) is 4.93. The minimum Gasteiger partial charge on any atom is -0.637 e. The zero-order valence-corrected chi connectivity index (χ0v) is 13.2. The van der Waals surface area contributed by atoms with Gasteiger partial charge in [0.25, 0.3) is 0 Å². The van der Waals surface area contributed by atoms with Gasteiger partial charge in [0.1, 0.15) is 0 Å². The summed E-state index contributed by atoms with van der Waals surface area (Å²) >= 11 is 0. The summed E-state index contributed by atoms with van der Waals surface area (Å²) in [6.45, 7) is 3.07. The summed E-state index contributed by atoms with van der Waals surface area (Å²) in [4.78, 5) is 0. The summed E-state index contributed by atoms with van der Waals surface area (Å²) in [5, 5.41) is 0. The Morgan fingerprint density at radius 3 is 1.85 bits per heavy atom. The van der Waals surface area contributed by atoms with Crippen LogP contribution in [0.5, 0.6) is 0 Å². The van der Waals surface area contributed by atoms with Gasteiger partial charge in [-0.05, 0) is 18.6 Å². The van der Waals surface area contributed by atoms with Crippen molar-refractivity contribution in [1.29, 1.82) is 0 Å². The van der Waals surface area contributed by atoms with Gasteiger partial charge in [0.15, 0.2) is 0 Å². The average molecular weight is 276 g/mol. The van der Waals surface area contributed by atoms with E-state index in [-0.39, 0.29) is 0 Å². The summed E-state index contributed by atoms with van der Waals surface area (Å²) in [6.07, 6.45) is 15.5. The van der Waals surface area contributed by atoms with Gasteiger partial charge in [-0.15, -0.1) is 0 Å². The van der Waals surface area contributed by atoms with Gasteiger partial charge < -0.3 is 9.00 Å². The maximum atomic E-state index is 6.50. The lowest BCUT2D eigenvalue weighted by Crippen LogP contribution is -2.52. The molecule has 0 saturated heterocycles.